The van der Waals surface area contributed by atoms with Crippen LogP contribution in [0.2, 0.25) is 5.02 Å². The van der Waals surface area contributed by atoms with Crippen LogP contribution in [0.15, 0.2) is 59.5 Å². The number of benzene rings is 2. The second kappa shape index (κ2) is 8.89. The van der Waals surface area contributed by atoms with Crippen molar-refractivity contribution in [1.82, 2.24) is 5.32 Å². The number of rotatable bonds is 6. The van der Waals surface area contributed by atoms with E-state index in [9.17, 15) is 13.2 Å². The highest BCUT2D eigenvalue weighted by Gasteiger charge is 2.28. The molecule has 1 fully saturated rings. The van der Waals surface area contributed by atoms with Gasteiger partial charge in [-0.1, -0.05) is 61.2 Å². The lowest BCUT2D eigenvalue weighted by Crippen LogP contribution is -2.37. The number of hydrogen-bond acceptors (Lipinski definition) is 3. The maximum Gasteiger partial charge on any atom is 0.236 e. The van der Waals surface area contributed by atoms with E-state index in [2.05, 4.69) is 5.32 Å². The zero-order valence-corrected chi connectivity index (χ0v) is 16.7. The fourth-order valence-electron chi connectivity index (χ4n) is 3.71. The lowest BCUT2D eigenvalue weighted by Gasteiger charge is -2.31. The molecule has 2 aromatic carbocycles. The third-order valence-electron chi connectivity index (χ3n) is 5.09. The van der Waals surface area contributed by atoms with E-state index in [0.717, 1.165) is 31.2 Å². The molecule has 0 bridgehead atoms. The Bertz CT molecular complexity index is 860. The average molecular weight is 406 g/mol. The van der Waals surface area contributed by atoms with Gasteiger partial charge in [-0.25, -0.2) is 8.42 Å². The summed E-state index contributed by atoms with van der Waals surface area (Å²) in [4.78, 5) is 12.7. The summed E-state index contributed by atoms with van der Waals surface area (Å²) in [5.41, 5.74) is 1.03. The molecule has 1 aliphatic carbocycles. The molecule has 0 radical (unpaired) electrons. The Morgan fingerprint density at radius 1 is 1.00 bits per heavy atom. The summed E-state index contributed by atoms with van der Waals surface area (Å²) in [5.74, 6) is -0.697. The highest BCUT2D eigenvalue weighted by molar-refractivity contribution is 7.92. The van der Waals surface area contributed by atoms with Gasteiger partial charge in [-0.15, -0.1) is 0 Å². The molecule has 1 atom stereocenters. The predicted octanol–water partition coefficient (Wildman–Crippen LogP) is 4.55. The molecule has 27 heavy (non-hydrogen) atoms. The lowest BCUT2D eigenvalue weighted by atomic mass is 9.81. The van der Waals surface area contributed by atoms with Gasteiger partial charge in [0.1, 0.15) is 5.75 Å². The molecule has 0 saturated heterocycles. The van der Waals surface area contributed by atoms with Crippen molar-refractivity contribution in [2.24, 2.45) is 5.92 Å². The quantitative estimate of drug-likeness (QED) is 0.766. The van der Waals surface area contributed by atoms with Gasteiger partial charge in [0.2, 0.25) is 5.91 Å². The second-order valence-electron chi connectivity index (χ2n) is 7.07. The first-order valence-electron chi connectivity index (χ1n) is 9.28. The zero-order valence-electron chi connectivity index (χ0n) is 15.1. The summed E-state index contributed by atoms with van der Waals surface area (Å²) in [6.45, 7) is 0. The van der Waals surface area contributed by atoms with Crippen molar-refractivity contribution in [2.75, 3.05) is 5.75 Å². The number of carbonyl (C=O) groups excluding carboxylic acids is 1. The molecular weight excluding hydrogens is 382 g/mol. The van der Waals surface area contributed by atoms with Crippen LogP contribution >= 0.6 is 11.6 Å². The topological polar surface area (TPSA) is 63.2 Å². The van der Waals surface area contributed by atoms with Crippen molar-refractivity contribution < 1.29 is 13.2 Å². The van der Waals surface area contributed by atoms with E-state index in [0.29, 0.717) is 10.9 Å². The van der Waals surface area contributed by atoms with Gasteiger partial charge in [0.15, 0.2) is 9.84 Å². The summed E-state index contributed by atoms with van der Waals surface area (Å²) in [5, 5.41) is 3.45. The van der Waals surface area contributed by atoms with E-state index in [1.807, 2.05) is 30.3 Å². The molecule has 0 spiro atoms. The summed E-state index contributed by atoms with van der Waals surface area (Å²) in [6, 6.07) is 15.6. The highest BCUT2D eigenvalue weighted by atomic mass is 35.5. The van der Waals surface area contributed by atoms with E-state index in [4.69, 9.17) is 11.6 Å². The van der Waals surface area contributed by atoms with Crippen LogP contribution in [0.1, 0.15) is 43.7 Å². The van der Waals surface area contributed by atoms with Crippen LogP contribution in [-0.2, 0) is 14.6 Å². The van der Waals surface area contributed by atoms with Gasteiger partial charge in [-0.3, -0.25) is 4.79 Å². The average Bonchev–Trinajstić information content (AvgIpc) is 2.67. The fourth-order valence-corrected chi connectivity index (χ4v) is 4.99. The first kappa shape index (κ1) is 19.9. The summed E-state index contributed by atoms with van der Waals surface area (Å²) < 4.78 is 25.1. The van der Waals surface area contributed by atoms with Gasteiger partial charge in [0.25, 0.3) is 0 Å². The number of nitrogens with one attached hydrogen (secondary N) is 1. The van der Waals surface area contributed by atoms with E-state index >= 15 is 0 Å². The van der Waals surface area contributed by atoms with E-state index in [1.54, 1.807) is 0 Å². The maximum atomic E-state index is 12.6. The van der Waals surface area contributed by atoms with Crippen molar-refractivity contribution in [3.63, 3.8) is 0 Å². The van der Waals surface area contributed by atoms with Crippen molar-refractivity contribution >= 4 is 27.3 Å². The number of amides is 1. The highest BCUT2D eigenvalue weighted by Crippen LogP contribution is 2.34. The molecule has 1 N–H and O–H groups in total. The Labute approximate surface area is 165 Å². The molecule has 0 aliphatic heterocycles. The summed E-state index contributed by atoms with van der Waals surface area (Å²) in [6.07, 6.45) is 5.60. The van der Waals surface area contributed by atoms with Crippen molar-refractivity contribution in [1.29, 1.82) is 0 Å². The Morgan fingerprint density at radius 2 is 1.63 bits per heavy atom. The largest absolute Gasteiger partial charge is 0.348 e. The van der Waals surface area contributed by atoms with Crippen molar-refractivity contribution in [2.45, 2.75) is 43.0 Å². The number of hydrogen-bond donors (Lipinski definition) is 1. The smallest absolute Gasteiger partial charge is 0.236 e. The molecule has 0 heterocycles. The van der Waals surface area contributed by atoms with Crippen LogP contribution in [0, 0.1) is 5.92 Å². The fraction of sp³-hybridized carbons (Fsp3) is 0.381. The molecular formula is C21H24ClNO3S. The summed E-state index contributed by atoms with van der Waals surface area (Å²) >= 11 is 5.82. The molecule has 3 rings (SSSR count). The van der Waals surface area contributed by atoms with Crippen LogP contribution in [0.3, 0.4) is 0 Å². The molecule has 1 amide bonds. The molecule has 0 aromatic heterocycles. The predicted molar refractivity (Wildman–Crippen MR) is 107 cm³/mol. The SMILES string of the molecule is O=C(CS(=O)(=O)c1ccc(Cl)cc1)N[C@H](c1ccccc1)C1CCCCC1. The Balaban J connectivity index is 1.75. The Hall–Kier alpha value is -1.85. The van der Waals surface area contributed by atoms with Crippen molar-refractivity contribution in [3.8, 4) is 0 Å². The maximum absolute atomic E-state index is 12.6. The first-order chi connectivity index (χ1) is 13.0. The normalized spacial score (nSPS) is 16.6. The van der Waals surface area contributed by atoms with Crippen LogP contribution in [-0.4, -0.2) is 20.1 Å². The van der Waals surface area contributed by atoms with Gasteiger partial charge in [-0.05, 0) is 48.6 Å². The second-order valence-corrected chi connectivity index (χ2v) is 9.49. The van der Waals surface area contributed by atoms with E-state index < -0.39 is 21.5 Å². The van der Waals surface area contributed by atoms with Gasteiger partial charge >= 0.3 is 0 Å². The van der Waals surface area contributed by atoms with Crippen LogP contribution in [0.5, 0.6) is 0 Å². The number of halogens is 1. The monoisotopic (exact) mass is 405 g/mol. The van der Waals surface area contributed by atoms with E-state index in [-0.39, 0.29) is 10.9 Å². The molecule has 1 saturated carbocycles. The van der Waals surface area contributed by atoms with Gasteiger partial charge < -0.3 is 5.32 Å². The Morgan fingerprint density at radius 3 is 2.26 bits per heavy atom. The third-order valence-corrected chi connectivity index (χ3v) is 6.97. The molecule has 2 aromatic rings. The third kappa shape index (κ3) is 5.33. The molecule has 6 heteroatoms. The van der Waals surface area contributed by atoms with Crippen LogP contribution in [0.4, 0.5) is 0 Å². The molecule has 4 nitrogen and oxygen atoms in total. The van der Waals surface area contributed by atoms with Gasteiger partial charge in [-0.2, -0.15) is 0 Å². The zero-order chi connectivity index (χ0) is 19.3. The molecule has 0 unspecified atom stereocenters. The minimum Gasteiger partial charge on any atom is -0.348 e. The van der Waals surface area contributed by atoms with Crippen LogP contribution < -0.4 is 5.32 Å². The minimum atomic E-state index is -3.71. The van der Waals surface area contributed by atoms with E-state index in [1.165, 1.54) is 30.7 Å². The first-order valence-corrected chi connectivity index (χ1v) is 11.3. The van der Waals surface area contributed by atoms with Gasteiger partial charge in [0.05, 0.1) is 10.9 Å². The standard InChI is InChI=1S/C21H24ClNO3S/c22-18-11-13-19(14-12-18)27(25,26)15-20(24)23-21(16-7-3-1-4-8-16)17-9-5-2-6-10-17/h1,3-4,7-8,11-14,17,21H,2,5-6,9-10,15H2,(H,23,24)/t21-/m1/s1. The molecule has 1 aliphatic rings. The van der Waals surface area contributed by atoms with Crippen molar-refractivity contribution in [3.05, 3.63) is 65.2 Å². The Kier molecular flexibility index (Phi) is 6.55. The summed E-state index contributed by atoms with van der Waals surface area (Å²) in [7, 11) is -3.71. The number of sulfone groups is 1. The molecule has 144 valence electrons. The number of carbonyl (C=O) groups is 1. The van der Waals surface area contributed by atoms with Gasteiger partial charge in [0, 0.05) is 5.02 Å². The van der Waals surface area contributed by atoms with Crippen LogP contribution in [0.25, 0.3) is 0 Å². The minimum absolute atomic E-state index is 0.107. The lowest BCUT2D eigenvalue weighted by molar-refractivity contribution is -0.119.